The van der Waals surface area contributed by atoms with Gasteiger partial charge in [0.25, 0.3) is 0 Å². The van der Waals surface area contributed by atoms with E-state index in [9.17, 15) is 34.2 Å². The highest BCUT2D eigenvalue weighted by molar-refractivity contribution is 5.88. The van der Waals surface area contributed by atoms with Crippen molar-refractivity contribution in [2.24, 2.45) is 0 Å². The van der Waals surface area contributed by atoms with Gasteiger partial charge in [-0.2, -0.15) is 0 Å². The summed E-state index contributed by atoms with van der Waals surface area (Å²) in [5.41, 5.74) is 0.0381. The molecule has 6 N–H and O–H groups in total. The van der Waals surface area contributed by atoms with E-state index in [1.807, 2.05) is 24.3 Å². The van der Waals surface area contributed by atoms with Crippen LogP contribution < -0.4 is 20.7 Å². The number of benzene rings is 3. The third-order valence-corrected chi connectivity index (χ3v) is 7.23. The van der Waals surface area contributed by atoms with Crippen LogP contribution in [0.25, 0.3) is 0 Å². The molecule has 262 valence electrons. The third kappa shape index (κ3) is 12.5. The topological polar surface area (TPSA) is 219 Å². The monoisotopic (exact) mass is 681 g/mol. The van der Waals surface area contributed by atoms with Crippen LogP contribution in [0.3, 0.4) is 0 Å². The minimum atomic E-state index is -2.85. The maximum Gasteiger partial charge on any atom is 0.411 e. The molecule has 3 aromatic rings. The second-order valence-corrected chi connectivity index (χ2v) is 10.8. The van der Waals surface area contributed by atoms with Crippen molar-refractivity contribution in [2.45, 2.75) is 36.9 Å². The van der Waals surface area contributed by atoms with Gasteiger partial charge in [0.05, 0.1) is 27.1 Å². The molecule has 0 aliphatic carbocycles. The molecule has 49 heavy (non-hydrogen) atoms. The Kier molecular flexibility index (Phi) is 14.4. The van der Waals surface area contributed by atoms with Gasteiger partial charge in [-0.3, -0.25) is 20.2 Å². The van der Waals surface area contributed by atoms with E-state index in [2.05, 4.69) is 25.4 Å². The number of hydrogen-bond acceptors (Lipinski definition) is 11. The summed E-state index contributed by atoms with van der Waals surface area (Å²) < 4.78 is 20.5. The Morgan fingerprint density at radius 1 is 0.755 bits per heavy atom. The van der Waals surface area contributed by atoms with Gasteiger partial charge in [0, 0.05) is 23.8 Å². The maximum absolute atomic E-state index is 12.7. The van der Waals surface area contributed by atoms with Gasteiger partial charge in [0.15, 0.2) is 5.60 Å². The van der Waals surface area contributed by atoms with Gasteiger partial charge < -0.3 is 39.6 Å². The molecular formula is C34H39N3O12. The van der Waals surface area contributed by atoms with Crippen LogP contribution in [0.5, 0.6) is 5.75 Å². The standard InChI is InChI=1S/C34H39N3O12/c1-46-32(43)36-24-12-8-22(9-13-24)28(23-10-14-25(15-11-23)37-33(44)47-2)16-17-35-20-27(21-48-26-6-4-3-5-7-26)49-30(40)19-34(45,31(41)42)18-29(38)39/h3-15,27-28,35,45H,16-21H2,1-2H3,(H,36,43)(H,37,44)(H,38,39)(H,41,42)/t27-,34?/m0/s1. The van der Waals surface area contributed by atoms with E-state index in [4.69, 9.17) is 14.6 Å². The molecule has 0 heterocycles. The number of nitrogens with one attached hydrogen (secondary N) is 3. The minimum Gasteiger partial charge on any atom is -0.490 e. The molecule has 2 atom stereocenters. The smallest absolute Gasteiger partial charge is 0.411 e. The molecule has 0 aromatic heterocycles. The molecule has 0 radical (unpaired) electrons. The second-order valence-electron chi connectivity index (χ2n) is 10.8. The number of ether oxygens (including phenoxy) is 4. The van der Waals surface area contributed by atoms with Crippen LogP contribution in [0.2, 0.25) is 0 Å². The number of para-hydroxylation sites is 1. The quantitative estimate of drug-likeness (QED) is 0.0640. The van der Waals surface area contributed by atoms with Crippen LogP contribution in [-0.4, -0.2) is 91.0 Å². The molecule has 3 aromatic carbocycles. The third-order valence-electron chi connectivity index (χ3n) is 7.23. The lowest BCUT2D eigenvalue weighted by molar-refractivity contribution is -0.174. The van der Waals surface area contributed by atoms with Gasteiger partial charge in [-0.25, -0.2) is 14.4 Å². The van der Waals surface area contributed by atoms with Crippen molar-refractivity contribution in [2.75, 3.05) is 44.5 Å². The number of esters is 1. The Morgan fingerprint density at radius 3 is 1.76 bits per heavy atom. The van der Waals surface area contributed by atoms with Crippen LogP contribution in [0.4, 0.5) is 21.0 Å². The molecule has 0 saturated heterocycles. The summed E-state index contributed by atoms with van der Waals surface area (Å²) in [5.74, 6) is -4.26. The number of carboxylic acid groups (broad SMARTS) is 2. The summed E-state index contributed by atoms with van der Waals surface area (Å²) in [6, 6.07) is 23.1. The molecule has 0 spiro atoms. The lowest BCUT2D eigenvalue weighted by Crippen LogP contribution is -2.44. The van der Waals surface area contributed by atoms with Gasteiger partial charge in [0.1, 0.15) is 18.5 Å². The highest BCUT2D eigenvalue weighted by atomic mass is 16.6. The lowest BCUT2D eigenvalue weighted by atomic mass is 9.88. The van der Waals surface area contributed by atoms with E-state index in [0.717, 1.165) is 11.1 Å². The number of amides is 2. The highest BCUT2D eigenvalue weighted by Crippen LogP contribution is 2.30. The van der Waals surface area contributed by atoms with Crippen molar-refractivity contribution in [3.05, 3.63) is 90.0 Å². The number of carbonyl (C=O) groups excluding carboxylic acids is 3. The fourth-order valence-electron chi connectivity index (χ4n) is 4.74. The fourth-order valence-corrected chi connectivity index (χ4v) is 4.74. The second kappa shape index (κ2) is 18.6. The summed E-state index contributed by atoms with van der Waals surface area (Å²) in [7, 11) is 2.53. The minimum absolute atomic E-state index is 0.0691. The lowest BCUT2D eigenvalue weighted by Gasteiger charge is -2.24. The average molecular weight is 682 g/mol. The number of methoxy groups -OCH3 is 2. The fraction of sp³-hybridized carbons (Fsp3) is 0.324. The largest absolute Gasteiger partial charge is 0.490 e. The zero-order valence-electron chi connectivity index (χ0n) is 26.9. The summed E-state index contributed by atoms with van der Waals surface area (Å²) >= 11 is 0. The number of rotatable bonds is 18. The molecule has 3 rings (SSSR count). The molecule has 15 heteroatoms. The Bertz CT molecular complexity index is 1490. The predicted octanol–water partition coefficient (Wildman–Crippen LogP) is 3.83. The van der Waals surface area contributed by atoms with Crippen molar-refractivity contribution >= 4 is 41.5 Å². The Labute approximate surface area is 282 Å². The maximum atomic E-state index is 12.7. The molecule has 0 bridgehead atoms. The Hall–Kier alpha value is -5.67. The Balaban J connectivity index is 1.74. The SMILES string of the molecule is COC(=O)Nc1ccc(C(CCNC[C@@H](COc2ccccc2)OC(=O)CC(O)(CC(=O)O)C(=O)O)c2ccc(NC(=O)OC)cc2)cc1. The van der Waals surface area contributed by atoms with Gasteiger partial charge in [-0.1, -0.05) is 42.5 Å². The van der Waals surface area contributed by atoms with Crippen molar-refractivity contribution < 1.29 is 58.2 Å². The van der Waals surface area contributed by atoms with Crippen LogP contribution in [0.15, 0.2) is 78.9 Å². The first kappa shape index (κ1) is 37.8. The zero-order valence-corrected chi connectivity index (χ0v) is 26.9. The van der Waals surface area contributed by atoms with E-state index in [0.29, 0.717) is 30.1 Å². The van der Waals surface area contributed by atoms with Crippen molar-refractivity contribution in [1.29, 1.82) is 0 Å². The Morgan fingerprint density at radius 2 is 1.29 bits per heavy atom. The summed E-state index contributed by atoms with van der Waals surface area (Å²) in [6.07, 6.45) is -3.90. The molecule has 2 amide bonds. The normalized spacial score (nSPS) is 12.6. The molecule has 0 saturated carbocycles. The van der Waals surface area contributed by atoms with E-state index in [-0.39, 0.29) is 19.1 Å². The first-order valence-electron chi connectivity index (χ1n) is 15.1. The molecule has 0 fully saturated rings. The molecule has 15 nitrogen and oxygen atoms in total. The number of aliphatic hydroxyl groups is 1. The molecular weight excluding hydrogens is 642 g/mol. The number of hydrogen-bond donors (Lipinski definition) is 6. The molecule has 1 unspecified atom stereocenters. The average Bonchev–Trinajstić information content (AvgIpc) is 3.07. The van der Waals surface area contributed by atoms with Crippen molar-refractivity contribution in [1.82, 2.24) is 5.32 Å². The predicted molar refractivity (Wildman–Crippen MR) is 176 cm³/mol. The van der Waals surface area contributed by atoms with Crippen LogP contribution >= 0.6 is 0 Å². The van der Waals surface area contributed by atoms with Gasteiger partial charge in [-0.15, -0.1) is 0 Å². The number of aliphatic carboxylic acids is 2. The molecule has 0 aliphatic rings. The molecule has 0 aliphatic heterocycles. The number of anilines is 2. The van der Waals surface area contributed by atoms with E-state index >= 15 is 0 Å². The van der Waals surface area contributed by atoms with E-state index in [1.165, 1.54) is 14.2 Å². The van der Waals surface area contributed by atoms with E-state index < -0.39 is 54.6 Å². The van der Waals surface area contributed by atoms with Gasteiger partial charge >= 0.3 is 30.1 Å². The van der Waals surface area contributed by atoms with Crippen LogP contribution in [0.1, 0.15) is 36.3 Å². The van der Waals surface area contributed by atoms with E-state index in [1.54, 1.807) is 54.6 Å². The summed E-state index contributed by atoms with van der Waals surface area (Å²) in [4.78, 5) is 58.6. The number of carboxylic acids is 2. The zero-order chi connectivity index (χ0) is 35.8. The first-order chi connectivity index (χ1) is 23.4. The summed E-state index contributed by atoms with van der Waals surface area (Å²) in [5, 5.41) is 37.1. The first-order valence-corrected chi connectivity index (χ1v) is 15.1. The van der Waals surface area contributed by atoms with Crippen LogP contribution in [0, 0.1) is 0 Å². The van der Waals surface area contributed by atoms with Crippen molar-refractivity contribution in [3.8, 4) is 5.75 Å². The van der Waals surface area contributed by atoms with Gasteiger partial charge in [-0.05, 0) is 60.5 Å². The number of carbonyl (C=O) groups is 5. The summed E-state index contributed by atoms with van der Waals surface area (Å²) in [6.45, 7) is 0.339. The highest BCUT2D eigenvalue weighted by Gasteiger charge is 2.42. The van der Waals surface area contributed by atoms with Crippen LogP contribution in [-0.2, 0) is 28.6 Å². The van der Waals surface area contributed by atoms with Crippen molar-refractivity contribution in [3.63, 3.8) is 0 Å². The van der Waals surface area contributed by atoms with Gasteiger partial charge in [0.2, 0.25) is 0 Å².